The number of unbranched alkanes of at least 4 members (excludes halogenated alkanes) is 1. The molecule has 0 spiro atoms. The van der Waals surface area contributed by atoms with Crippen LogP contribution in [0.15, 0.2) is 34.7 Å². The number of fused-ring (bicyclic) bond motifs is 1. The number of para-hydroxylation sites is 1. The molecule has 0 saturated heterocycles. The summed E-state index contributed by atoms with van der Waals surface area (Å²) in [4.78, 5) is 0. The molecule has 0 aliphatic heterocycles. The van der Waals surface area contributed by atoms with E-state index in [0.29, 0.717) is 0 Å². The van der Waals surface area contributed by atoms with E-state index in [9.17, 15) is 0 Å². The first-order valence-corrected chi connectivity index (χ1v) is 4.67. The Hall–Kier alpha value is -1.24. The zero-order valence-electron chi connectivity index (χ0n) is 7.62. The highest BCUT2D eigenvalue weighted by Gasteiger charge is 2.01. The predicted octanol–water partition coefficient (Wildman–Crippen LogP) is 3.59. The van der Waals surface area contributed by atoms with E-state index in [1.807, 2.05) is 18.2 Å². The molecule has 0 N–H and O–H groups in total. The van der Waals surface area contributed by atoms with Crippen molar-refractivity contribution in [1.82, 2.24) is 0 Å². The summed E-state index contributed by atoms with van der Waals surface area (Å²) in [5.74, 6) is 1.07. The van der Waals surface area contributed by atoms with Crippen molar-refractivity contribution < 1.29 is 4.42 Å². The molecule has 0 amide bonds. The summed E-state index contributed by atoms with van der Waals surface area (Å²) in [6.07, 6.45) is 3.06. The lowest BCUT2D eigenvalue weighted by Crippen LogP contribution is -1.78. The summed E-state index contributed by atoms with van der Waals surface area (Å²) >= 11 is 0. The van der Waals surface area contributed by atoms with E-state index in [4.69, 9.17) is 4.42 Å². The molecule has 1 heterocycles. The summed E-state index contributed by atoms with van der Waals surface area (Å²) in [6.45, 7) is 3.81. The molecule has 1 aromatic carbocycles. The molecule has 0 unspecified atom stereocenters. The number of aryl methyl sites for hydroxylation is 1. The van der Waals surface area contributed by atoms with Gasteiger partial charge in [0.25, 0.3) is 0 Å². The van der Waals surface area contributed by atoms with Crippen molar-refractivity contribution in [2.45, 2.75) is 19.3 Å². The van der Waals surface area contributed by atoms with Crippen molar-refractivity contribution in [1.29, 1.82) is 0 Å². The summed E-state index contributed by atoms with van der Waals surface area (Å²) < 4.78 is 5.64. The summed E-state index contributed by atoms with van der Waals surface area (Å²) in [6, 6.07) is 10.2. The maximum atomic E-state index is 5.64. The second kappa shape index (κ2) is 3.65. The van der Waals surface area contributed by atoms with Crippen LogP contribution in [0.5, 0.6) is 0 Å². The topological polar surface area (TPSA) is 13.1 Å². The van der Waals surface area contributed by atoms with Gasteiger partial charge in [-0.15, -0.1) is 0 Å². The number of hydrogen-bond acceptors (Lipinski definition) is 1. The Morgan fingerprint density at radius 2 is 2.08 bits per heavy atom. The van der Waals surface area contributed by atoms with E-state index in [2.05, 4.69) is 19.1 Å². The van der Waals surface area contributed by atoms with Crippen LogP contribution < -0.4 is 0 Å². The van der Waals surface area contributed by atoms with Gasteiger partial charge in [-0.3, -0.25) is 0 Å². The van der Waals surface area contributed by atoms with Crippen molar-refractivity contribution >= 4 is 11.0 Å². The Kier molecular flexibility index (Phi) is 2.35. The zero-order valence-corrected chi connectivity index (χ0v) is 7.62. The van der Waals surface area contributed by atoms with Crippen LogP contribution in [0.25, 0.3) is 11.0 Å². The molecule has 1 radical (unpaired) electrons. The summed E-state index contributed by atoms with van der Waals surface area (Å²) in [5.41, 5.74) is 0.988. The van der Waals surface area contributed by atoms with E-state index < -0.39 is 0 Å². The van der Waals surface area contributed by atoms with Crippen molar-refractivity contribution in [2.24, 2.45) is 0 Å². The molecule has 0 bridgehead atoms. The van der Waals surface area contributed by atoms with Gasteiger partial charge in [0.05, 0.1) is 0 Å². The lowest BCUT2D eigenvalue weighted by atomic mass is 10.2. The minimum Gasteiger partial charge on any atom is -0.461 e. The molecule has 0 atom stereocenters. The number of hydrogen-bond donors (Lipinski definition) is 0. The average Bonchev–Trinajstić information content (AvgIpc) is 2.57. The monoisotopic (exact) mass is 173 g/mol. The second-order valence-corrected chi connectivity index (χ2v) is 3.21. The van der Waals surface area contributed by atoms with Crippen molar-refractivity contribution in [3.05, 3.63) is 43.0 Å². The maximum Gasteiger partial charge on any atom is 0.134 e. The highest BCUT2D eigenvalue weighted by Crippen LogP contribution is 2.19. The average molecular weight is 173 g/mol. The van der Waals surface area contributed by atoms with Crippen LogP contribution in [0.1, 0.15) is 18.6 Å². The van der Waals surface area contributed by atoms with Crippen LogP contribution in [-0.2, 0) is 6.42 Å². The largest absolute Gasteiger partial charge is 0.461 e. The third-order valence-electron chi connectivity index (χ3n) is 2.15. The smallest absolute Gasteiger partial charge is 0.134 e. The van der Waals surface area contributed by atoms with Crippen LogP contribution in [-0.4, -0.2) is 0 Å². The normalized spacial score (nSPS) is 10.8. The van der Waals surface area contributed by atoms with Crippen LogP contribution in [0, 0.1) is 6.92 Å². The van der Waals surface area contributed by atoms with E-state index in [-0.39, 0.29) is 0 Å². The standard InChI is InChI=1S/C12H13O/c1-2-3-7-11-9-10-6-4-5-8-12(10)13-11/h4-6,8-9H,1-3,7H2. The summed E-state index contributed by atoms with van der Waals surface area (Å²) in [5, 5.41) is 1.20. The van der Waals surface area contributed by atoms with Crippen LogP contribution in [0.2, 0.25) is 0 Å². The van der Waals surface area contributed by atoms with Gasteiger partial charge in [-0.25, -0.2) is 0 Å². The van der Waals surface area contributed by atoms with Gasteiger partial charge in [-0.05, 0) is 18.6 Å². The Bertz CT molecular complexity index is 354. The molecule has 0 saturated carbocycles. The molecule has 0 fully saturated rings. The lowest BCUT2D eigenvalue weighted by molar-refractivity contribution is 0.539. The van der Waals surface area contributed by atoms with E-state index in [0.717, 1.165) is 30.6 Å². The Morgan fingerprint density at radius 3 is 2.85 bits per heavy atom. The summed E-state index contributed by atoms with van der Waals surface area (Å²) in [7, 11) is 0. The van der Waals surface area contributed by atoms with Gasteiger partial charge in [-0.2, -0.15) is 0 Å². The highest BCUT2D eigenvalue weighted by molar-refractivity contribution is 5.77. The molecular formula is C12H13O. The minimum atomic E-state index is 0.969. The molecule has 1 heteroatoms. The molecule has 67 valence electrons. The fraction of sp³-hybridized carbons (Fsp3) is 0.250. The van der Waals surface area contributed by atoms with Gasteiger partial charge in [-0.1, -0.05) is 31.5 Å². The SMILES string of the molecule is [CH2]CCCc1cc2ccccc2o1. The molecular weight excluding hydrogens is 160 g/mol. The Balaban J connectivity index is 2.28. The van der Waals surface area contributed by atoms with Gasteiger partial charge >= 0.3 is 0 Å². The second-order valence-electron chi connectivity index (χ2n) is 3.21. The van der Waals surface area contributed by atoms with E-state index in [1.54, 1.807) is 0 Å². The van der Waals surface area contributed by atoms with Crippen molar-refractivity contribution in [3.63, 3.8) is 0 Å². The first kappa shape index (κ1) is 8.36. The van der Waals surface area contributed by atoms with Gasteiger partial charge in [0.1, 0.15) is 11.3 Å². The molecule has 0 aliphatic rings. The maximum absolute atomic E-state index is 5.64. The van der Waals surface area contributed by atoms with Crippen LogP contribution in [0.4, 0.5) is 0 Å². The molecule has 13 heavy (non-hydrogen) atoms. The molecule has 1 nitrogen and oxygen atoms in total. The fourth-order valence-corrected chi connectivity index (χ4v) is 1.46. The molecule has 0 aliphatic carbocycles. The third kappa shape index (κ3) is 1.74. The van der Waals surface area contributed by atoms with Gasteiger partial charge in [0.15, 0.2) is 0 Å². The first-order valence-electron chi connectivity index (χ1n) is 4.67. The quantitative estimate of drug-likeness (QED) is 0.691. The molecule has 2 aromatic rings. The zero-order chi connectivity index (χ0) is 9.10. The number of benzene rings is 1. The van der Waals surface area contributed by atoms with Crippen molar-refractivity contribution in [2.75, 3.05) is 0 Å². The Morgan fingerprint density at radius 1 is 1.23 bits per heavy atom. The molecule has 1 aromatic heterocycles. The van der Waals surface area contributed by atoms with E-state index in [1.165, 1.54) is 5.39 Å². The predicted molar refractivity (Wildman–Crippen MR) is 54.5 cm³/mol. The molecule has 2 rings (SSSR count). The Labute approximate surface area is 78.4 Å². The van der Waals surface area contributed by atoms with Crippen LogP contribution in [0.3, 0.4) is 0 Å². The van der Waals surface area contributed by atoms with Gasteiger partial charge < -0.3 is 4.42 Å². The first-order chi connectivity index (χ1) is 6.40. The number of furan rings is 1. The minimum absolute atomic E-state index is 0.969. The van der Waals surface area contributed by atoms with Gasteiger partial charge in [0.2, 0.25) is 0 Å². The van der Waals surface area contributed by atoms with Crippen LogP contribution >= 0.6 is 0 Å². The number of rotatable bonds is 3. The highest BCUT2D eigenvalue weighted by atomic mass is 16.3. The third-order valence-corrected chi connectivity index (χ3v) is 2.15. The van der Waals surface area contributed by atoms with E-state index >= 15 is 0 Å². The van der Waals surface area contributed by atoms with Gasteiger partial charge in [0, 0.05) is 11.8 Å². The lowest BCUT2D eigenvalue weighted by Gasteiger charge is -1.90. The van der Waals surface area contributed by atoms with Crippen molar-refractivity contribution in [3.8, 4) is 0 Å². The fourth-order valence-electron chi connectivity index (χ4n) is 1.46.